The molecule has 0 fully saturated rings. The lowest BCUT2D eigenvalue weighted by atomic mass is 10.1. The van der Waals surface area contributed by atoms with Crippen LogP contribution in [0.3, 0.4) is 0 Å². The Bertz CT molecular complexity index is 456. The summed E-state index contributed by atoms with van der Waals surface area (Å²) < 4.78 is 0. The van der Waals surface area contributed by atoms with Gasteiger partial charge < -0.3 is 10.6 Å². The lowest BCUT2D eigenvalue weighted by molar-refractivity contribution is -0.742. The number of benzene rings is 1. The summed E-state index contributed by atoms with van der Waals surface area (Å²) in [5, 5.41) is 30.9. The Morgan fingerprint density at radius 3 is 2.38 bits per heavy atom. The van der Waals surface area contributed by atoms with Crippen molar-refractivity contribution < 1.29 is 10.3 Å². The summed E-state index contributed by atoms with van der Waals surface area (Å²) >= 11 is 0. The molecule has 0 saturated heterocycles. The van der Waals surface area contributed by atoms with Gasteiger partial charge in [0.1, 0.15) is 12.1 Å². The van der Waals surface area contributed by atoms with Crippen LogP contribution >= 0.6 is 0 Å². The molecule has 16 heavy (non-hydrogen) atoms. The molecule has 0 bridgehead atoms. The Kier molecular flexibility index (Phi) is 5.42. The molecule has 0 saturated carbocycles. The Labute approximate surface area is 90.2 Å². The van der Waals surface area contributed by atoms with Gasteiger partial charge in [0.2, 0.25) is 0 Å². The van der Waals surface area contributed by atoms with Crippen molar-refractivity contribution in [2.75, 3.05) is 5.43 Å². The number of nitrogens with two attached hydrogens (primary N) is 1. The number of nitrogen functional groups attached to an aromatic ring is 1. The molecule has 0 amide bonds. The fourth-order valence-electron chi connectivity index (χ4n) is 0.886. The van der Waals surface area contributed by atoms with Crippen molar-refractivity contribution in [1.82, 2.24) is 0 Å². The third-order valence-electron chi connectivity index (χ3n) is 1.45. The van der Waals surface area contributed by atoms with Crippen LogP contribution in [0.25, 0.3) is 0 Å². The molecule has 0 aliphatic carbocycles. The standard InChI is InChI=1S/C8H6N4.HNO3/c9-4-6-2-1-3-8(12-11)7(6)5-10;2-1(3)4/h1-3,12H,11H2;(H,2,3,4). The van der Waals surface area contributed by atoms with E-state index in [-0.39, 0.29) is 5.56 Å². The molecule has 4 N–H and O–H groups in total. The van der Waals surface area contributed by atoms with E-state index in [1.54, 1.807) is 18.2 Å². The van der Waals surface area contributed by atoms with Gasteiger partial charge in [-0.2, -0.15) is 10.5 Å². The number of nitrogens with zero attached hydrogens (tertiary/aromatic N) is 3. The maximum Gasteiger partial charge on any atom is 0.291 e. The molecule has 0 spiro atoms. The fraction of sp³-hybridized carbons (Fsp3) is 0. The Morgan fingerprint density at radius 2 is 2.00 bits per heavy atom. The highest BCUT2D eigenvalue weighted by atomic mass is 16.9. The summed E-state index contributed by atoms with van der Waals surface area (Å²) in [4.78, 5) is 8.36. The minimum absolute atomic E-state index is 0.280. The Balaban J connectivity index is 0.000000487. The lowest BCUT2D eigenvalue weighted by Crippen LogP contribution is -2.08. The van der Waals surface area contributed by atoms with Gasteiger partial charge in [-0.25, -0.2) is 0 Å². The Hall–Kier alpha value is -2.84. The first-order valence-corrected chi connectivity index (χ1v) is 3.80. The number of rotatable bonds is 1. The lowest BCUT2D eigenvalue weighted by Gasteiger charge is -2.02. The minimum Gasteiger partial charge on any atom is -0.328 e. The van der Waals surface area contributed by atoms with Gasteiger partial charge >= 0.3 is 0 Å². The molecule has 0 unspecified atom stereocenters. The van der Waals surface area contributed by atoms with E-state index in [0.29, 0.717) is 11.3 Å². The van der Waals surface area contributed by atoms with Gasteiger partial charge in [0.05, 0.1) is 16.8 Å². The normalized spacial score (nSPS) is 7.69. The second-order valence-electron chi connectivity index (χ2n) is 2.33. The zero-order chi connectivity index (χ0) is 12.6. The van der Waals surface area contributed by atoms with E-state index in [4.69, 9.17) is 31.7 Å². The van der Waals surface area contributed by atoms with Crippen LogP contribution in [0.2, 0.25) is 0 Å². The van der Waals surface area contributed by atoms with E-state index >= 15 is 0 Å². The van der Waals surface area contributed by atoms with Gasteiger partial charge in [0.25, 0.3) is 5.09 Å². The number of nitriles is 2. The molecule has 8 nitrogen and oxygen atoms in total. The third-order valence-corrected chi connectivity index (χ3v) is 1.45. The van der Waals surface area contributed by atoms with Gasteiger partial charge in [-0.15, -0.1) is 10.1 Å². The van der Waals surface area contributed by atoms with Gasteiger partial charge in [0, 0.05) is 0 Å². The van der Waals surface area contributed by atoms with Crippen LogP contribution in [0.4, 0.5) is 5.69 Å². The molecule has 0 atom stereocenters. The first-order chi connectivity index (χ1) is 7.56. The zero-order valence-corrected chi connectivity index (χ0v) is 7.91. The van der Waals surface area contributed by atoms with Crippen molar-refractivity contribution in [3.63, 3.8) is 0 Å². The molecular formula is C8H7N5O3. The highest BCUT2D eigenvalue weighted by Crippen LogP contribution is 2.16. The van der Waals surface area contributed by atoms with Crippen LogP contribution in [0.5, 0.6) is 0 Å². The fourth-order valence-corrected chi connectivity index (χ4v) is 0.886. The average Bonchev–Trinajstić information content (AvgIpc) is 2.26. The largest absolute Gasteiger partial charge is 0.328 e. The molecule has 0 aromatic heterocycles. The maximum absolute atomic E-state index is 8.66. The van der Waals surface area contributed by atoms with Crippen molar-refractivity contribution in [3.8, 4) is 12.1 Å². The van der Waals surface area contributed by atoms with E-state index in [2.05, 4.69) is 5.43 Å². The molecule has 1 rings (SSSR count). The SMILES string of the molecule is N#Cc1cccc(NN)c1C#N.O=[N+]([O-])O. The smallest absolute Gasteiger partial charge is 0.291 e. The third kappa shape index (κ3) is 3.91. The van der Waals surface area contributed by atoms with E-state index in [9.17, 15) is 0 Å². The number of hydrazine groups is 1. The number of hydrogen-bond acceptors (Lipinski definition) is 6. The topological polar surface area (TPSA) is 149 Å². The van der Waals surface area contributed by atoms with Crippen LogP contribution in [0.15, 0.2) is 18.2 Å². The Morgan fingerprint density at radius 1 is 1.44 bits per heavy atom. The number of nitrogens with one attached hydrogen (secondary N) is 1. The molecule has 0 heterocycles. The van der Waals surface area contributed by atoms with Gasteiger partial charge in [0.15, 0.2) is 0 Å². The minimum atomic E-state index is -1.50. The van der Waals surface area contributed by atoms with E-state index in [1.807, 2.05) is 12.1 Å². The van der Waals surface area contributed by atoms with Crippen LogP contribution in [0.1, 0.15) is 11.1 Å². The summed E-state index contributed by atoms with van der Waals surface area (Å²) in [5.41, 5.74) is 3.42. The van der Waals surface area contributed by atoms with Crippen molar-refractivity contribution in [3.05, 3.63) is 39.4 Å². The molecule has 1 aromatic rings. The van der Waals surface area contributed by atoms with E-state index in [0.717, 1.165) is 0 Å². The summed E-state index contributed by atoms with van der Waals surface area (Å²) in [6.45, 7) is 0. The summed E-state index contributed by atoms with van der Waals surface area (Å²) in [7, 11) is 0. The molecule has 8 heteroatoms. The van der Waals surface area contributed by atoms with Crippen LogP contribution in [-0.4, -0.2) is 10.3 Å². The summed E-state index contributed by atoms with van der Waals surface area (Å²) in [6, 6.07) is 8.67. The average molecular weight is 221 g/mol. The van der Waals surface area contributed by atoms with Gasteiger partial charge in [-0.1, -0.05) is 6.07 Å². The summed E-state index contributed by atoms with van der Waals surface area (Å²) in [5.74, 6) is 5.14. The molecule has 1 aromatic carbocycles. The van der Waals surface area contributed by atoms with Crippen molar-refractivity contribution in [2.24, 2.45) is 5.84 Å². The van der Waals surface area contributed by atoms with E-state index < -0.39 is 5.09 Å². The van der Waals surface area contributed by atoms with Crippen LogP contribution < -0.4 is 11.3 Å². The zero-order valence-electron chi connectivity index (χ0n) is 7.91. The van der Waals surface area contributed by atoms with Crippen LogP contribution in [0, 0.1) is 32.8 Å². The first-order valence-electron chi connectivity index (χ1n) is 3.80. The van der Waals surface area contributed by atoms with Crippen molar-refractivity contribution >= 4 is 5.69 Å². The predicted octanol–water partition coefficient (Wildman–Crippen LogP) is 0.368. The van der Waals surface area contributed by atoms with E-state index in [1.165, 1.54) is 0 Å². The first kappa shape index (κ1) is 13.2. The predicted molar refractivity (Wildman–Crippen MR) is 52.5 cm³/mol. The van der Waals surface area contributed by atoms with Crippen LogP contribution in [-0.2, 0) is 0 Å². The van der Waals surface area contributed by atoms with Gasteiger partial charge in [-0.05, 0) is 12.1 Å². The molecule has 0 radical (unpaired) electrons. The molecular weight excluding hydrogens is 214 g/mol. The number of hydrogen-bond donors (Lipinski definition) is 3. The molecule has 0 aliphatic heterocycles. The van der Waals surface area contributed by atoms with Crippen molar-refractivity contribution in [1.29, 1.82) is 10.5 Å². The summed E-state index contributed by atoms with van der Waals surface area (Å²) in [6.07, 6.45) is 0. The van der Waals surface area contributed by atoms with Crippen molar-refractivity contribution in [2.45, 2.75) is 0 Å². The highest BCUT2D eigenvalue weighted by molar-refractivity contribution is 5.63. The second-order valence-corrected chi connectivity index (χ2v) is 2.33. The monoisotopic (exact) mass is 221 g/mol. The maximum atomic E-state index is 8.66. The molecule has 0 aliphatic rings. The molecule has 82 valence electrons. The quantitative estimate of drug-likeness (QED) is 0.352. The van der Waals surface area contributed by atoms with Gasteiger partial charge in [-0.3, -0.25) is 5.84 Å². The number of anilines is 1. The second kappa shape index (κ2) is 6.59. The highest BCUT2D eigenvalue weighted by Gasteiger charge is 2.04.